The van der Waals surface area contributed by atoms with Gasteiger partial charge in [0.15, 0.2) is 5.96 Å². The summed E-state index contributed by atoms with van der Waals surface area (Å²) in [6, 6.07) is 14.8. The highest BCUT2D eigenvalue weighted by atomic mass is 127. The normalized spacial score (nSPS) is 16.4. The molecule has 29 heavy (non-hydrogen) atoms. The topological polar surface area (TPSA) is 43.8 Å². The average molecular weight is 526 g/mol. The van der Waals surface area contributed by atoms with E-state index >= 15 is 0 Å². The molecule has 1 N–H and O–H groups in total. The summed E-state index contributed by atoms with van der Waals surface area (Å²) in [5.74, 6) is 3.86. The van der Waals surface area contributed by atoms with Gasteiger partial charge in [-0.05, 0) is 49.1 Å². The Morgan fingerprint density at radius 2 is 2.07 bits per heavy atom. The molecule has 5 nitrogen and oxygen atoms in total. The van der Waals surface area contributed by atoms with Gasteiger partial charge in [-0.25, -0.2) is 9.98 Å². The van der Waals surface area contributed by atoms with Crippen molar-refractivity contribution in [3.8, 4) is 0 Å². The third-order valence-corrected chi connectivity index (χ3v) is 6.07. The molecule has 1 unspecified atom stereocenters. The second-order valence-corrected chi connectivity index (χ2v) is 8.41. The smallest absolute Gasteiger partial charge is 0.194 e. The molecule has 1 aliphatic rings. The van der Waals surface area contributed by atoms with E-state index in [2.05, 4.69) is 58.5 Å². The molecule has 2 heterocycles. The lowest BCUT2D eigenvalue weighted by atomic mass is 10.2. The number of anilines is 1. The molecule has 0 amide bonds. The molecule has 0 saturated carbocycles. The number of likely N-dealkylation sites (tertiary alicyclic amines) is 1. The molecule has 1 aromatic heterocycles. The van der Waals surface area contributed by atoms with Crippen LogP contribution >= 0.6 is 35.7 Å². The third kappa shape index (κ3) is 7.37. The summed E-state index contributed by atoms with van der Waals surface area (Å²) >= 11 is 1.96. The third-order valence-electron chi connectivity index (χ3n) is 4.83. The van der Waals surface area contributed by atoms with Crippen LogP contribution in [0.2, 0.25) is 0 Å². The SMILES string of the molecule is CCNC(=NCc1ccnc(N(C)C)c1)N1CCC(CSc2ccccc2)C1.I. The summed E-state index contributed by atoms with van der Waals surface area (Å²) in [5.41, 5.74) is 1.18. The number of rotatable bonds is 7. The van der Waals surface area contributed by atoms with Crippen LogP contribution in [0, 0.1) is 5.92 Å². The number of guanidine groups is 1. The van der Waals surface area contributed by atoms with E-state index in [1.54, 1.807) is 0 Å². The van der Waals surface area contributed by atoms with Crippen molar-refractivity contribution in [3.05, 3.63) is 54.2 Å². The Labute approximate surface area is 196 Å². The Hall–Kier alpha value is -1.48. The number of hydrogen-bond acceptors (Lipinski definition) is 4. The predicted molar refractivity (Wildman–Crippen MR) is 136 cm³/mol. The minimum Gasteiger partial charge on any atom is -0.363 e. The van der Waals surface area contributed by atoms with E-state index in [1.807, 2.05) is 43.0 Å². The fourth-order valence-electron chi connectivity index (χ4n) is 3.29. The van der Waals surface area contributed by atoms with E-state index in [9.17, 15) is 0 Å². The van der Waals surface area contributed by atoms with Crippen molar-refractivity contribution < 1.29 is 0 Å². The summed E-state index contributed by atoms with van der Waals surface area (Å²) < 4.78 is 0. The van der Waals surface area contributed by atoms with Crippen LogP contribution in [0.5, 0.6) is 0 Å². The van der Waals surface area contributed by atoms with Gasteiger partial charge in [0.25, 0.3) is 0 Å². The van der Waals surface area contributed by atoms with Crippen molar-refractivity contribution in [2.75, 3.05) is 44.4 Å². The van der Waals surface area contributed by atoms with Crippen LogP contribution in [0.3, 0.4) is 0 Å². The van der Waals surface area contributed by atoms with Crippen molar-refractivity contribution in [1.82, 2.24) is 15.2 Å². The monoisotopic (exact) mass is 525 g/mol. The second-order valence-electron chi connectivity index (χ2n) is 7.31. The van der Waals surface area contributed by atoms with Gasteiger partial charge in [-0.1, -0.05) is 18.2 Å². The Bertz CT molecular complexity index is 769. The molecule has 2 aromatic rings. The number of pyridine rings is 1. The van der Waals surface area contributed by atoms with Crippen molar-refractivity contribution in [2.24, 2.45) is 10.9 Å². The van der Waals surface area contributed by atoms with Gasteiger partial charge >= 0.3 is 0 Å². The molecule has 0 radical (unpaired) electrons. The molecule has 0 aliphatic carbocycles. The standard InChI is InChI=1S/C22H31N5S.HI/c1-4-23-22(25-15-18-10-12-24-21(14-18)26(2)3)27-13-11-19(16-27)17-28-20-8-6-5-7-9-20;/h5-10,12,14,19H,4,11,13,15-17H2,1-3H3,(H,23,25);1H. The first-order valence-corrected chi connectivity index (χ1v) is 11.0. The Balaban J connectivity index is 0.00000300. The van der Waals surface area contributed by atoms with Crippen LogP contribution in [0.25, 0.3) is 0 Å². The van der Waals surface area contributed by atoms with Crippen LogP contribution < -0.4 is 10.2 Å². The maximum Gasteiger partial charge on any atom is 0.194 e. The van der Waals surface area contributed by atoms with E-state index in [-0.39, 0.29) is 24.0 Å². The van der Waals surface area contributed by atoms with Crippen LogP contribution in [-0.4, -0.2) is 55.3 Å². The number of benzene rings is 1. The summed E-state index contributed by atoms with van der Waals surface area (Å²) in [6.45, 7) is 5.84. The Kier molecular flexibility index (Phi) is 10.1. The lowest BCUT2D eigenvalue weighted by Gasteiger charge is -2.22. The number of aliphatic imine (C=N–C) groups is 1. The van der Waals surface area contributed by atoms with Crippen molar-refractivity contribution in [3.63, 3.8) is 0 Å². The van der Waals surface area contributed by atoms with Gasteiger partial charge in [0, 0.05) is 50.6 Å². The molecule has 1 aromatic carbocycles. The molecular weight excluding hydrogens is 493 g/mol. The molecule has 0 bridgehead atoms. The van der Waals surface area contributed by atoms with Crippen LogP contribution in [0.4, 0.5) is 5.82 Å². The number of aromatic nitrogens is 1. The van der Waals surface area contributed by atoms with E-state index in [0.29, 0.717) is 12.5 Å². The first-order valence-electron chi connectivity index (χ1n) is 9.99. The fraction of sp³-hybridized carbons (Fsp3) is 0.455. The van der Waals surface area contributed by atoms with Crippen molar-refractivity contribution >= 4 is 47.5 Å². The van der Waals surface area contributed by atoms with Crippen LogP contribution in [0.15, 0.2) is 58.5 Å². The number of nitrogens with one attached hydrogen (secondary N) is 1. The molecule has 1 saturated heterocycles. The molecule has 1 fully saturated rings. The lowest BCUT2D eigenvalue weighted by Crippen LogP contribution is -2.40. The molecule has 1 atom stereocenters. The van der Waals surface area contributed by atoms with E-state index in [0.717, 1.165) is 37.2 Å². The average Bonchev–Trinajstić information content (AvgIpc) is 3.19. The zero-order valence-electron chi connectivity index (χ0n) is 17.5. The summed E-state index contributed by atoms with van der Waals surface area (Å²) in [4.78, 5) is 15.1. The summed E-state index contributed by atoms with van der Waals surface area (Å²) in [7, 11) is 4.02. The molecule has 1 aliphatic heterocycles. The zero-order valence-corrected chi connectivity index (χ0v) is 20.7. The van der Waals surface area contributed by atoms with Gasteiger partial charge in [0.1, 0.15) is 5.82 Å². The highest BCUT2D eigenvalue weighted by molar-refractivity contribution is 14.0. The maximum atomic E-state index is 4.90. The molecule has 3 rings (SSSR count). The van der Waals surface area contributed by atoms with Crippen LogP contribution in [0.1, 0.15) is 18.9 Å². The van der Waals surface area contributed by atoms with Crippen molar-refractivity contribution in [2.45, 2.75) is 24.8 Å². The second kappa shape index (κ2) is 12.3. The van der Waals surface area contributed by atoms with Crippen molar-refractivity contribution in [1.29, 1.82) is 0 Å². The largest absolute Gasteiger partial charge is 0.363 e. The number of halogens is 1. The maximum absolute atomic E-state index is 4.90. The first kappa shape index (κ1) is 23.8. The minimum atomic E-state index is 0. The van der Waals surface area contributed by atoms with Gasteiger partial charge in [-0.15, -0.1) is 35.7 Å². The first-order chi connectivity index (χ1) is 13.7. The quantitative estimate of drug-likeness (QED) is 0.252. The molecule has 0 spiro atoms. The molecule has 158 valence electrons. The Morgan fingerprint density at radius 3 is 2.79 bits per heavy atom. The van der Waals surface area contributed by atoms with E-state index in [4.69, 9.17) is 4.99 Å². The van der Waals surface area contributed by atoms with E-state index in [1.165, 1.54) is 16.9 Å². The minimum absolute atomic E-state index is 0. The number of thioether (sulfide) groups is 1. The van der Waals surface area contributed by atoms with E-state index < -0.39 is 0 Å². The summed E-state index contributed by atoms with van der Waals surface area (Å²) in [5, 5.41) is 3.47. The summed E-state index contributed by atoms with van der Waals surface area (Å²) in [6.07, 6.45) is 3.09. The highest BCUT2D eigenvalue weighted by Gasteiger charge is 2.24. The van der Waals surface area contributed by atoms with Gasteiger partial charge in [0.05, 0.1) is 6.54 Å². The molecule has 7 heteroatoms. The fourth-order valence-corrected chi connectivity index (χ4v) is 4.34. The van der Waals surface area contributed by atoms with Gasteiger partial charge in [0.2, 0.25) is 0 Å². The lowest BCUT2D eigenvalue weighted by molar-refractivity contribution is 0.474. The van der Waals surface area contributed by atoms with Gasteiger partial charge < -0.3 is 15.1 Å². The van der Waals surface area contributed by atoms with Gasteiger partial charge in [-0.2, -0.15) is 0 Å². The predicted octanol–water partition coefficient (Wildman–Crippen LogP) is 4.35. The zero-order chi connectivity index (χ0) is 19.8. The number of hydrogen-bond donors (Lipinski definition) is 1. The molecular formula is C22H32IN5S. The van der Waals surface area contributed by atoms with Gasteiger partial charge in [-0.3, -0.25) is 0 Å². The van der Waals surface area contributed by atoms with Crippen LogP contribution in [-0.2, 0) is 6.54 Å². The number of nitrogens with zero attached hydrogens (tertiary/aromatic N) is 4. The highest BCUT2D eigenvalue weighted by Crippen LogP contribution is 2.26. The Morgan fingerprint density at radius 1 is 1.28 bits per heavy atom.